The standard InChI is InChI=1S/C21H24N4O2/c1-14-16(15(2)27-24-14)7-10-20(26)23-18-8-9-19(25-12-3-4-13-25)21-17(18)6-5-11-22-21/h5-6,8-9,11H,3-4,7,10,12-13H2,1-2H3,(H,23,26). The van der Waals surface area contributed by atoms with Crippen LogP contribution in [0, 0.1) is 13.8 Å². The van der Waals surface area contributed by atoms with Crippen molar-refractivity contribution in [1.29, 1.82) is 0 Å². The lowest BCUT2D eigenvalue weighted by atomic mass is 10.1. The van der Waals surface area contributed by atoms with Gasteiger partial charge >= 0.3 is 0 Å². The third-order valence-corrected chi connectivity index (χ3v) is 5.25. The highest BCUT2D eigenvalue weighted by molar-refractivity contribution is 6.05. The van der Waals surface area contributed by atoms with E-state index in [0.717, 1.165) is 52.4 Å². The lowest BCUT2D eigenvalue weighted by Crippen LogP contribution is -2.18. The van der Waals surface area contributed by atoms with Gasteiger partial charge < -0.3 is 14.7 Å². The van der Waals surface area contributed by atoms with Crippen molar-refractivity contribution in [2.45, 2.75) is 39.5 Å². The first-order valence-corrected chi connectivity index (χ1v) is 9.48. The summed E-state index contributed by atoms with van der Waals surface area (Å²) in [6.07, 6.45) is 5.25. The first-order chi connectivity index (χ1) is 13.1. The van der Waals surface area contributed by atoms with E-state index in [1.807, 2.05) is 38.2 Å². The molecule has 6 heteroatoms. The number of benzene rings is 1. The van der Waals surface area contributed by atoms with Crippen molar-refractivity contribution < 1.29 is 9.32 Å². The highest BCUT2D eigenvalue weighted by Gasteiger charge is 2.18. The molecule has 1 aromatic carbocycles. The van der Waals surface area contributed by atoms with Crippen molar-refractivity contribution in [2.24, 2.45) is 0 Å². The van der Waals surface area contributed by atoms with Crippen LogP contribution in [0.15, 0.2) is 35.0 Å². The number of carbonyl (C=O) groups is 1. The number of hydrogen-bond donors (Lipinski definition) is 1. The van der Waals surface area contributed by atoms with Crippen molar-refractivity contribution in [2.75, 3.05) is 23.3 Å². The third-order valence-electron chi connectivity index (χ3n) is 5.25. The molecule has 1 aliphatic heterocycles. The summed E-state index contributed by atoms with van der Waals surface area (Å²) in [6, 6.07) is 8.00. The van der Waals surface area contributed by atoms with Gasteiger partial charge in [0, 0.05) is 36.7 Å². The summed E-state index contributed by atoms with van der Waals surface area (Å²) in [5, 5.41) is 7.98. The van der Waals surface area contributed by atoms with Crippen LogP contribution in [0.1, 0.15) is 36.3 Å². The van der Waals surface area contributed by atoms with Gasteiger partial charge in [0.25, 0.3) is 0 Å². The Morgan fingerprint density at radius 2 is 2.04 bits per heavy atom. The van der Waals surface area contributed by atoms with Crippen LogP contribution < -0.4 is 10.2 Å². The van der Waals surface area contributed by atoms with E-state index < -0.39 is 0 Å². The second-order valence-electron chi connectivity index (χ2n) is 7.08. The monoisotopic (exact) mass is 364 g/mol. The first kappa shape index (κ1) is 17.5. The Bertz CT molecular complexity index is 954. The number of carbonyl (C=O) groups excluding carboxylic acids is 1. The van der Waals surface area contributed by atoms with Gasteiger partial charge in [-0.25, -0.2) is 0 Å². The summed E-state index contributed by atoms with van der Waals surface area (Å²) in [5.74, 6) is 0.763. The largest absolute Gasteiger partial charge is 0.370 e. The predicted molar refractivity (Wildman–Crippen MR) is 106 cm³/mol. The van der Waals surface area contributed by atoms with Gasteiger partial charge in [-0.05, 0) is 57.4 Å². The van der Waals surface area contributed by atoms with Crippen LogP contribution in [0.5, 0.6) is 0 Å². The number of pyridine rings is 1. The number of hydrogen-bond acceptors (Lipinski definition) is 5. The van der Waals surface area contributed by atoms with E-state index in [-0.39, 0.29) is 5.91 Å². The lowest BCUT2D eigenvalue weighted by molar-refractivity contribution is -0.116. The lowest BCUT2D eigenvalue weighted by Gasteiger charge is -2.20. The van der Waals surface area contributed by atoms with Crippen LogP contribution >= 0.6 is 0 Å². The third kappa shape index (κ3) is 3.52. The summed E-state index contributed by atoms with van der Waals surface area (Å²) in [7, 11) is 0. The van der Waals surface area contributed by atoms with Crippen LogP contribution in [0.2, 0.25) is 0 Å². The number of anilines is 2. The maximum atomic E-state index is 12.5. The van der Waals surface area contributed by atoms with E-state index in [9.17, 15) is 4.79 Å². The topological polar surface area (TPSA) is 71.3 Å². The van der Waals surface area contributed by atoms with Crippen molar-refractivity contribution in [3.63, 3.8) is 0 Å². The molecule has 0 saturated carbocycles. The van der Waals surface area contributed by atoms with Crippen LogP contribution in [-0.4, -0.2) is 29.1 Å². The fourth-order valence-corrected chi connectivity index (χ4v) is 3.79. The average Bonchev–Trinajstić information content (AvgIpc) is 3.31. The van der Waals surface area contributed by atoms with Crippen molar-refractivity contribution in [3.05, 3.63) is 47.5 Å². The van der Waals surface area contributed by atoms with E-state index >= 15 is 0 Å². The molecule has 1 N–H and O–H groups in total. The molecule has 2 aromatic heterocycles. The van der Waals surface area contributed by atoms with Crippen molar-refractivity contribution >= 4 is 28.2 Å². The zero-order valence-electron chi connectivity index (χ0n) is 15.8. The second-order valence-corrected chi connectivity index (χ2v) is 7.08. The van der Waals surface area contributed by atoms with Crippen LogP contribution in [0.4, 0.5) is 11.4 Å². The van der Waals surface area contributed by atoms with Gasteiger partial charge in [0.1, 0.15) is 5.76 Å². The molecule has 0 radical (unpaired) electrons. The summed E-state index contributed by atoms with van der Waals surface area (Å²) in [5.41, 5.74) is 4.77. The molecule has 4 rings (SSSR count). The number of aryl methyl sites for hydroxylation is 2. The Morgan fingerprint density at radius 1 is 1.22 bits per heavy atom. The Labute approximate surface area is 158 Å². The predicted octanol–water partition coefficient (Wildman–Crippen LogP) is 4.01. The van der Waals surface area contributed by atoms with Crippen LogP contribution in [-0.2, 0) is 11.2 Å². The molecular formula is C21H24N4O2. The van der Waals surface area contributed by atoms with Gasteiger partial charge in [0.2, 0.25) is 5.91 Å². The van der Waals surface area contributed by atoms with E-state index in [2.05, 4.69) is 26.4 Å². The molecule has 0 spiro atoms. The first-order valence-electron chi connectivity index (χ1n) is 9.48. The molecule has 0 bridgehead atoms. The molecule has 3 aromatic rings. The van der Waals surface area contributed by atoms with Crippen LogP contribution in [0.3, 0.4) is 0 Å². The van der Waals surface area contributed by atoms with E-state index in [1.165, 1.54) is 12.8 Å². The van der Waals surface area contributed by atoms with Gasteiger partial charge in [-0.15, -0.1) is 0 Å². The molecule has 0 aliphatic carbocycles. The fourth-order valence-electron chi connectivity index (χ4n) is 3.79. The molecule has 1 saturated heterocycles. The number of amides is 1. The zero-order valence-corrected chi connectivity index (χ0v) is 15.8. The maximum absolute atomic E-state index is 12.5. The maximum Gasteiger partial charge on any atom is 0.224 e. The van der Waals surface area contributed by atoms with Crippen molar-refractivity contribution in [1.82, 2.24) is 10.1 Å². The van der Waals surface area contributed by atoms with Gasteiger partial charge in [0.05, 0.1) is 22.6 Å². The highest BCUT2D eigenvalue weighted by atomic mass is 16.5. The molecule has 0 unspecified atom stereocenters. The molecule has 6 nitrogen and oxygen atoms in total. The van der Waals surface area contributed by atoms with E-state index in [4.69, 9.17) is 4.52 Å². The van der Waals surface area contributed by atoms with Gasteiger partial charge in [-0.3, -0.25) is 9.78 Å². The Kier molecular flexibility index (Phi) is 4.79. The van der Waals surface area contributed by atoms with Crippen LogP contribution in [0.25, 0.3) is 10.9 Å². The number of fused-ring (bicyclic) bond motifs is 1. The molecule has 1 amide bonds. The Morgan fingerprint density at radius 3 is 2.78 bits per heavy atom. The minimum Gasteiger partial charge on any atom is -0.370 e. The summed E-state index contributed by atoms with van der Waals surface area (Å²) in [4.78, 5) is 19.5. The number of nitrogens with zero attached hydrogens (tertiary/aromatic N) is 3. The number of nitrogens with one attached hydrogen (secondary N) is 1. The van der Waals surface area contributed by atoms with Gasteiger partial charge in [-0.2, -0.15) is 0 Å². The minimum atomic E-state index is -0.0194. The average molecular weight is 364 g/mol. The highest BCUT2D eigenvalue weighted by Crippen LogP contribution is 2.32. The molecule has 27 heavy (non-hydrogen) atoms. The molecule has 1 fully saturated rings. The van der Waals surface area contributed by atoms with E-state index in [1.54, 1.807) is 0 Å². The smallest absolute Gasteiger partial charge is 0.224 e. The van der Waals surface area contributed by atoms with Gasteiger partial charge in [-0.1, -0.05) is 5.16 Å². The second kappa shape index (κ2) is 7.39. The van der Waals surface area contributed by atoms with E-state index in [0.29, 0.717) is 12.8 Å². The Hall–Kier alpha value is -2.89. The zero-order chi connectivity index (χ0) is 18.8. The fraction of sp³-hybridized carbons (Fsp3) is 0.381. The molecular weight excluding hydrogens is 340 g/mol. The molecule has 140 valence electrons. The summed E-state index contributed by atoms with van der Waals surface area (Å²) in [6.45, 7) is 5.91. The Balaban J connectivity index is 1.53. The van der Waals surface area contributed by atoms with Gasteiger partial charge in [0.15, 0.2) is 0 Å². The molecule has 1 aliphatic rings. The summed E-state index contributed by atoms with van der Waals surface area (Å²) >= 11 is 0. The number of aromatic nitrogens is 2. The molecule has 3 heterocycles. The van der Waals surface area contributed by atoms with Crippen molar-refractivity contribution in [3.8, 4) is 0 Å². The normalized spacial score (nSPS) is 14.1. The number of rotatable bonds is 5. The minimum absolute atomic E-state index is 0.0194. The quantitative estimate of drug-likeness (QED) is 0.741. The summed E-state index contributed by atoms with van der Waals surface area (Å²) < 4.78 is 5.17. The SMILES string of the molecule is Cc1noc(C)c1CCC(=O)Nc1ccc(N2CCCC2)c2ncccc12. The molecule has 0 atom stereocenters.